The molecular weight excluding hydrogens is 621 g/mol. The van der Waals surface area contributed by atoms with Gasteiger partial charge in [0.2, 0.25) is 0 Å². The first-order valence-electron chi connectivity index (χ1n) is 11.4. The molecule has 0 aliphatic carbocycles. The van der Waals surface area contributed by atoms with Crippen LogP contribution in [0.5, 0.6) is 0 Å². The van der Waals surface area contributed by atoms with E-state index in [1.807, 2.05) is 72.9 Å². The number of rotatable bonds is 4. The van der Waals surface area contributed by atoms with Crippen LogP contribution in [0.2, 0.25) is 19.6 Å². The van der Waals surface area contributed by atoms with E-state index in [1.165, 1.54) is 10.8 Å². The monoisotopic (exact) mass is 649 g/mol. The van der Waals surface area contributed by atoms with Crippen molar-refractivity contribution < 1.29 is 20.1 Å². The summed E-state index contributed by atoms with van der Waals surface area (Å²) < 4.78 is 0. The van der Waals surface area contributed by atoms with Crippen LogP contribution in [-0.4, -0.2) is 18.0 Å². The third kappa shape index (κ3) is 7.40. The molecule has 0 N–H and O–H groups in total. The normalized spacial score (nSPS) is 10.5. The first-order valence-corrected chi connectivity index (χ1v) is 14.9. The molecule has 4 heteroatoms. The van der Waals surface area contributed by atoms with Crippen molar-refractivity contribution in [2.45, 2.75) is 19.6 Å². The third-order valence-corrected chi connectivity index (χ3v) is 7.55. The van der Waals surface area contributed by atoms with Gasteiger partial charge in [-0.25, -0.2) is 0 Å². The molecule has 0 aliphatic rings. The van der Waals surface area contributed by atoms with Crippen LogP contribution in [0.25, 0.3) is 33.6 Å². The summed E-state index contributed by atoms with van der Waals surface area (Å²) in [7, 11) is -1.23. The second-order valence-corrected chi connectivity index (χ2v) is 14.1. The van der Waals surface area contributed by atoms with E-state index in [0.717, 1.165) is 28.1 Å². The van der Waals surface area contributed by atoms with E-state index in [1.54, 1.807) is 6.20 Å². The van der Waals surface area contributed by atoms with Gasteiger partial charge < -0.3 is 9.97 Å². The first kappa shape index (κ1) is 26.4. The summed E-state index contributed by atoms with van der Waals surface area (Å²) in [5.41, 5.74) is 6.38. The van der Waals surface area contributed by atoms with Gasteiger partial charge in [0, 0.05) is 32.5 Å². The van der Waals surface area contributed by atoms with Gasteiger partial charge in [-0.3, -0.25) is 0 Å². The molecule has 5 aromatic rings. The molecule has 0 saturated carbocycles. The molecule has 0 amide bonds. The van der Waals surface area contributed by atoms with E-state index >= 15 is 0 Å². The van der Waals surface area contributed by atoms with E-state index < -0.39 is 8.07 Å². The largest absolute Gasteiger partial charge is 0.305 e. The Balaban J connectivity index is 0.000000223. The fourth-order valence-corrected chi connectivity index (χ4v) is 4.68. The van der Waals surface area contributed by atoms with Crippen LogP contribution in [0.15, 0.2) is 116 Å². The first-order chi connectivity index (χ1) is 16.5. The predicted octanol–water partition coefficient (Wildman–Crippen LogP) is 7.31. The fourth-order valence-electron chi connectivity index (χ4n) is 3.51. The number of aromatic nitrogens is 2. The Morgan fingerprint density at radius 2 is 1.14 bits per heavy atom. The second kappa shape index (κ2) is 12.5. The number of nitrogens with zero attached hydrogens (tertiary/aromatic N) is 2. The van der Waals surface area contributed by atoms with E-state index in [2.05, 4.69) is 78.1 Å². The van der Waals surface area contributed by atoms with Crippen LogP contribution in [0, 0.1) is 12.1 Å². The zero-order valence-electron chi connectivity index (χ0n) is 20.2. The van der Waals surface area contributed by atoms with E-state index in [0.29, 0.717) is 0 Å². The molecule has 0 atom stereocenters. The van der Waals surface area contributed by atoms with Gasteiger partial charge in [-0.05, 0) is 28.6 Å². The average molecular weight is 649 g/mol. The Labute approximate surface area is 223 Å². The summed E-state index contributed by atoms with van der Waals surface area (Å²) in [6.45, 7) is 7.11. The van der Waals surface area contributed by atoms with Crippen molar-refractivity contribution in [3.8, 4) is 33.6 Å². The van der Waals surface area contributed by atoms with Crippen LogP contribution < -0.4 is 5.19 Å². The molecule has 0 saturated heterocycles. The minimum atomic E-state index is -1.23. The average Bonchev–Trinajstić information content (AvgIpc) is 2.90. The summed E-state index contributed by atoms with van der Waals surface area (Å²) >= 11 is 0. The van der Waals surface area contributed by atoms with Crippen molar-refractivity contribution in [2.75, 3.05) is 0 Å². The van der Waals surface area contributed by atoms with Crippen molar-refractivity contribution >= 4 is 13.3 Å². The van der Waals surface area contributed by atoms with Crippen molar-refractivity contribution in [3.63, 3.8) is 0 Å². The van der Waals surface area contributed by atoms with Crippen LogP contribution in [-0.2, 0) is 20.1 Å². The van der Waals surface area contributed by atoms with E-state index in [9.17, 15) is 0 Å². The quantitative estimate of drug-likeness (QED) is 0.151. The molecule has 5 rings (SSSR count). The number of hydrogen-bond acceptors (Lipinski definition) is 2. The predicted molar refractivity (Wildman–Crippen MR) is 145 cm³/mol. The van der Waals surface area contributed by atoms with Crippen molar-refractivity contribution in [1.82, 2.24) is 9.97 Å². The summed E-state index contributed by atoms with van der Waals surface area (Å²) in [6, 6.07) is 41.1. The van der Waals surface area contributed by atoms with Crippen molar-refractivity contribution in [2.24, 2.45) is 0 Å². The smallest absolute Gasteiger partial charge is 0.0775 e. The molecule has 177 valence electrons. The van der Waals surface area contributed by atoms with Gasteiger partial charge in [0.1, 0.15) is 0 Å². The molecule has 3 aromatic carbocycles. The molecule has 1 radical (unpaired) electrons. The van der Waals surface area contributed by atoms with Gasteiger partial charge in [0.05, 0.1) is 8.07 Å². The fraction of sp³-hybridized carbons (Fsp3) is 0.0968. The minimum absolute atomic E-state index is 0. The third-order valence-electron chi connectivity index (χ3n) is 5.48. The molecule has 0 fully saturated rings. The van der Waals surface area contributed by atoms with Gasteiger partial charge in [0.25, 0.3) is 0 Å². The van der Waals surface area contributed by atoms with Crippen molar-refractivity contribution in [3.05, 3.63) is 128 Å². The Morgan fingerprint density at radius 3 is 1.60 bits per heavy atom. The number of pyridine rings is 2. The molecule has 0 bridgehead atoms. The zero-order chi connectivity index (χ0) is 23.8. The summed E-state index contributed by atoms with van der Waals surface area (Å²) in [5.74, 6) is 0. The molecule has 0 spiro atoms. The van der Waals surface area contributed by atoms with Gasteiger partial charge in [-0.2, -0.15) is 0 Å². The second-order valence-electron chi connectivity index (χ2n) is 9.03. The van der Waals surface area contributed by atoms with Gasteiger partial charge in [-0.15, -0.1) is 71.8 Å². The van der Waals surface area contributed by atoms with Crippen LogP contribution >= 0.6 is 0 Å². The van der Waals surface area contributed by atoms with Gasteiger partial charge >= 0.3 is 0 Å². The maximum atomic E-state index is 4.57. The molecule has 0 unspecified atom stereocenters. The molecule has 35 heavy (non-hydrogen) atoms. The van der Waals surface area contributed by atoms with Crippen LogP contribution in [0.4, 0.5) is 0 Å². The number of benzene rings is 3. The number of hydrogen-bond donors (Lipinski definition) is 0. The molecule has 2 heterocycles. The summed E-state index contributed by atoms with van der Waals surface area (Å²) in [6.07, 6.45) is 3.73. The Kier molecular flexibility index (Phi) is 9.44. The van der Waals surface area contributed by atoms with Crippen LogP contribution in [0.3, 0.4) is 0 Å². The minimum Gasteiger partial charge on any atom is -0.305 e. The maximum Gasteiger partial charge on any atom is 0.0775 e. The van der Waals surface area contributed by atoms with E-state index in [4.69, 9.17) is 0 Å². The summed E-state index contributed by atoms with van der Waals surface area (Å²) in [4.78, 5) is 8.79. The standard InChI is InChI=1S/C20H20NSi.C11H8N.Ir/c1-22(2,3)19-12-9-16(10-13-19)18-11-14-20(21-15-18)17-7-5-4-6-8-17;1-2-6-10(7-3-1)11-8-4-5-9-12-11;/h4-7,9-15H,1-3H3;1-6,8-9H;/q2*-1;. The topological polar surface area (TPSA) is 25.8 Å². The van der Waals surface area contributed by atoms with Crippen LogP contribution in [0.1, 0.15) is 0 Å². The SMILES string of the molecule is C[Si](C)(C)c1ccc(-c2ccc(-c3[c-]cccc3)nc2)cc1.[Ir].[c-]1ccccc1-c1ccccn1. The Hall–Kier alpha value is -3.17. The zero-order valence-corrected chi connectivity index (χ0v) is 23.6. The molecular formula is C31H28IrN2Si-2. The Morgan fingerprint density at radius 1 is 0.571 bits per heavy atom. The van der Waals surface area contributed by atoms with Gasteiger partial charge in [0.15, 0.2) is 0 Å². The van der Waals surface area contributed by atoms with Crippen molar-refractivity contribution in [1.29, 1.82) is 0 Å². The molecule has 0 aliphatic heterocycles. The van der Waals surface area contributed by atoms with Gasteiger partial charge in [-0.1, -0.05) is 73.4 Å². The summed E-state index contributed by atoms with van der Waals surface area (Å²) in [5, 5.41) is 1.49. The molecule has 2 nitrogen and oxygen atoms in total. The molecule has 2 aromatic heterocycles. The van der Waals surface area contributed by atoms with E-state index in [-0.39, 0.29) is 20.1 Å². The maximum absolute atomic E-state index is 4.57. The Bertz CT molecular complexity index is 1250.